The monoisotopic (exact) mass is 354 g/mol. The summed E-state index contributed by atoms with van der Waals surface area (Å²) in [5.41, 5.74) is 1.12. The number of nitrogens with zero attached hydrogens (tertiary/aromatic N) is 2. The fourth-order valence-electron chi connectivity index (χ4n) is 1.99. The molecule has 1 saturated heterocycles. The molecule has 19 heavy (non-hydrogen) atoms. The van der Waals surface area contributed by atoms with Crippen LogP contribution in [0.15, 0.2) is 34.9 Å². The number of thiazole rings is 1. The number of hydrogen-bond donors (Lipinski definition) is 0. The summed E-state index contributed by atoms with van der Waals surface area (Å²) in [7, 11) is 0. The molecule has 1 aromatic carbocycles. The Labute approximate surface area is 128 Å². The van der Waals surface area contributed by atoms with Gasteiger partial charge in [0, 0.05) is 15.5 Å². The van der Waals surface area contributed by atoms with Gasteiger partial charge in [0.05, 0.1) is 5.75 Å². The lowest BCUT2D eigenvalue weighted by Gasteiger charge is -2.21. The molecule has 1 aliphatic heterocycles. The molecule has 98 valence electrons. The van der Waals surface area contributed by atoms with Crippen molar-refractivity contribution in [1.29, 1.82) is 0 Å². The molecular formula is C13H11BrN2OS2. The van der Waals surface area contributed by atoms with E-state index in [0.717, 1.165) is 20.0 Å². The largest absolute Gasteiger partial charge is 0.273 e. The lowest BCUT2D eigenvalue weighted by Crippen LogP contribution is -2.27. The summed E-state index contributed by atoms with van der Waals surface area (Å²) < 4.78 is 1.03. The van der Waals surface area contributed by atoms with E-state index in [1.165, 1.54) is 0 Å². The number of anilines is 1. The molecule has 6 heteroatoms. The van der Waals surface area contributed by atoms with Gasteiger partial charge in [0.1, 0.15) is 5.37 Å². The molecule has 0 bridgehead atoms. The molecular weight excluding hydrogens is 344 g/mol. The normalized spacial score (nSPS) is 19.2. The number of carbonyl (C=O) groups is 1. The van der Waals surface area contributed by atoms with Crippen molar-refractivity contribution in [3.05, 3.63) is 45.4 Å². The van der Waals surface area contributed by atoms with Crippen LogP contribution in [0.2, 0.25) is 0 Å². The predicted molar refractivity (Wildman–Crippen MR) is 83.7 cm³/mol. The van der Waals surface area contributed by atoms with Crippen LogP contribution in [0, 0.1) is 6.92 Å². The zero-order valence-corrected chi connectivity index (χ0v) is 13.4. The van der Waals surface area contributed by atoms with Crippen molar-refractivity contribution in [2.24, 2.45) is 0 Å². The Hall–Kier alpha value is -0.850. The number of rotatable bonds is 2. The van der Waals surface area contributed by atoms with Crippen LogP contribution < -0.4 is 4.90 Å². The molecule has 1 amide bonds. The van der Waals surface area contributed by atoms with Crippen LogP contribution in [0.25, 0.3) is 0 Å². The van der Waals surface area contributed by atoms with Gasteiger partial charge >= 0.3 is 0 Å². The number of amides is 1. The maximum atomic E-state index is 12.1. The highest BCUT2D eigenvalue weighted by molar-refractivity contribution is 9.10. The van der Waals surface area contributed by atoms with Crippen molar-refractivity contribution in [3.8, 4) is 0 Å². The molecule has 0 N–H and O–H groups in total. The number of benzene rings is 1. The van der Waals surface area contributed by atoms with Crippen molar-refractivity contribution >= 4 is 50.1 Å². The van der Waals surface area contributed by atoms with Crippen LogP contribution in [0.1, 0.15) is 15.8 Å². The van der Waals surface area contributed by atoms with Crippen molar-refractivity contribution < 1.29 is 4.79 Å². The lowest BCUT2D eigenvalue weighted by atomic mass is 10.2. The summed E-state index contributed by atoms with van der Waals surface area (Å²) in [5, 5.41) is 0.813. The van der Waals surface area contributed by atoms with Gasteiger partial charge in [-0.05, 0) is 24.6 Å². The second-order valence-corrected chi connectivity index (χ2v) is 7.43. The average Bonchev–Trinajstić information content (AvgIpc) is 2.95. The summed E-state index contributed by atoms with van der Waals surface area (Å²) in [6.45, 7) is 2.00. The number of thioether (sulfide) groups is 1. The summed E-state index contributed by atoms with van der Waals surface area (Å²) >= 11 is 6.69. The third kappa shape index (κ3) is 2.57. The Morgan fingerprint density at radius 3 is 3.00 bits per heavy atom. The molecule has 1 aromatic heterocycles. The van der Waals surface area contributed by atoms with E-state index < -0.39 is 0 Å². The fourth-order valence-corrected chi connectivity index (χ4v) is 4.42. The zero-order chi connectivity index (χ0) is 13.4. The van der Waals surface area contributed by atoms with E-state index in [4.69, 9.17) is 0 Å². The molecule has 0 radical (unpaired) electrons. The number of hydrogen-bond acceptors (Lipinski definition) is 4. The van der Waals surface area contributed by atoms with Crippen LogP contribution in [-0.4, -0.2) is 16.6 Å². The van der Waals surface area contributed by atoms with E-state index in [9.17, 15) is 4.79 Å². The minimum atomic E-state index is 0.0237. The Kier molecular flexibility index (Phi) is 3.64. The first-order chi connectivity index (χ1) is 9.15. The van der Waals surface area contributed by atoms with E-state index in [1.807, 2.05) is 30.2 Å². The van der Waals surface area contributed by atoms with Gasteiger partial charge in [-0.3, -0.25) is 9.69 Å². The summed E-state index contributed by atoms with van der Waals surface area (Å²) in [6, 6.07) is 8.09. The maximum Gasteiger partial charge on any atom is 0.240 e. The van der Waals surface area contributed by atoms with Gasteiger partial charge < -0.3 is 0 Å². The Bertz CT molecular complexity index is 629. The third-order valence-corrected chi connectivity index (χ3v) is 5.43. The highest BCUT2D eigenvalue weighted by Gasteiger charge is 2.35. The van der Waals surface area contributed by atoms with Gasteiger partial charge in [-0.2, -0.15) is 0 Å². The number of carbonyl (C=O) groups excluding carboxylic acids is 1. The molecule has 2 heterocycles. The van der Waals surface area contributed by atoms with Gasteiger partial charge in [0.2, 0.25) is 5.91 Å². The molecule has 3 rings (SSSR count). The first-order valence-electron chi connectivity index (χ1n) is 5.77. The topological polar surface area (TPSA) is 33.2 Å². The second-order valence-electron chi connectivity index (χ2n) is 4.24. The highest BCUT2D eigenvalue weighted by Crippen LogP contribution is 2.43. The molecule has 3 nitrogen and oxygen atoms in total. The van der Waals surface area contributed by atoms with E-state index in [2.05, 4.69) is 33.0 Å². The molecule has 1 atom stereocenters. The smallest absolute Gasteiger partial charge is 0.240 e. The Balaban J connectivity index is 1.99. The van der Waals surface area contributed by atoms with Crippen molar-refractivity contribution in [1.82, 2.24) is 4.98 Å². The van der Waals surface area contributed by atoms with E-state index in [-0.39, 0.29) is 11.3 Å². The quantitative estimate of drug-likeness (QED) is 0.817. The van der Waals surface area contributed by atoms with Crippen molar-refractivity contribution in [2.75, 3.05) is 10.7 Å². The van der Waals surface area contributed by atoms with Crippen LogP contribution in [0.3, 0.4) is 0 Å². The molecule has 1 aliphatic rings. The van der Waals surface area contributed by atoms with Crippen LogP contribution in [0.4, 0.5) is 5.13 Å². The van der Waals surface area contributed by atoms with Crippen LogP contribution >= 0.6 is 39.0 Å². The highest BCUT2D eigenvalue weighted by atomic mass is 79.9. The lowest BCUT2D eigenvalue weighted by molar-refractivity contribution is -0.115. The zero-order valence-electron chi connectivity index (χ0n) is 10.2. The van der Waals surface area contributed by atoms with Crippen molar-refractivity contribution in [3.63, 3.8) is 0 Å². The number of halogens is 1. The molecule has 0 saturated carbocycles. The fraction of sp³-hybridized carbons (Fsp3) is 0.231. The minimum absolute atomic E-state index is 0.0237. The SMILES string of the molecule is Cc1cnc(N2C(=O)CS[C@@H]2c2cccc(Br)c2)s1. The average molecular weight is 355 g/mol. The van der Waals surface area contributed by atoms with Gasteiger partial charge in [-0.25, -0.2) is 4.98 Å². The number of aryl methyl sites for hydroxylation is 1. The summed E-state index contributed by atoms with van der Waals surface area (Å²) in [6.07, 6.45) is 1.81. The molecule has 1 fully saturated rings. The Morgan fingerprint density at radius 1 is 1.47 bits per heavy atom. The maximum absolute atomic E-state index is 12.1. The standard InChI is InChI=1S/C13H11BrN2OS2/c1-8-6-15-13(19-8)16-11(17)7-18-12(16)9-3-2-4-10(14)5-9/h2-6,12H,7H2,1H3/t12-/m1/s1. The molecule has 0 aliphatic carbocycles. The first kappa shape index (κ1) is 13.1. The first-order valence-corrected chi connectivity index (χ1v) is 8.42. The van der Waals surface area contributed by atoms with E-state index >= 15 is 0 Å². The van der Waals surface area contributed by atoms with Crippen molar-refractivity contribution in [2.45, 2.75) is 12.3 Å². The second kappa shape index (κ2) is 5.26. The molecule has 0 unspecified atom stereocenters. The van der Waals surface area contributed by atoms with Gasteiger partial charge in [-0.1, -0.05) is 28.1 Å². The molecule has 2 aromatic rings. The van der Waals surface area contributed by atoms with Crippen LogP contribution in [-0.2, 0) is 4.79 Å². The van der Waals surface area contributed by atoms with Crippen LogP contribution in [0.5, 0.6) is 0 Å². The minimum Gasteiger partial charge on any atom is -0.273 e. The summed E-state index contributed by atoms with van der Waals surface area (Å²) in [4.78, 5) is 19.4. The molecule has 0 spiro atoms. The van der Waals surface area contributed by atoms with E-state index in [0.29, 0.717) is 5.75 Å². The summed E-state index contributed by atoms with van der Waals surface area (Å²) in [5.74, 6) is 0.639. The van der Waals surface area contributed by atoms with Gasteiger partial charge in [0.15, 0.2) is 5.13 Å². The predicted octanol–water partition coefficient (Wildman–Crippen LogP) is 3.99. The van der Waals surface area contributed by atoms with E-state index in [1.54, 1.807) is 23.1 Å². The Morgan fingerprint density at radius 2 is 2.32 bits per heavy atom. The van der Waals surface area contributed by atoms with Gasteiger partial charge in [0.25, 0.3) is 0 Å². The third-order valence-electron chi connectivity index (χ3n) is 2.82. The van der Waals surface area contributed by atoms with Gasteiger partial charge in [-0.15, -0.1) is 23.1 Å². The number of aromatic nitrogens is 1.